The summed E-state index contributed by atoms with van der Waals surface area (Å²) in [5.74, 6) is -1.21. The van der Waals surface area contributed by atoms with E-state index in [4.69, 9.17) is 10.6 Å². The van der Waals surface area contributed by atoms with Gasteiger partial charge in [0.2, 0.25) is 0 Å². The maximum absolute atomic E-state index is 13.2. The molecule has 1 fully saturated rings. The fraction of sp³-hybridized carbons (Fsp3) is 0.273. The van der Waals surface area contributed by atoms with Crippen molar-refractivity contribution in [2.45, 2.75) is 22.9 Å². The summed E-state index contributed by atoms with van der Waals surface area (Å²) in [6.07, 6.45) is 5.12. The fourth-order valence-electron chi connectivity index (χ4n) is 3.82. The zero-order valence-corrected chi connectivity index (χ0v) is 22.8. The van der Waals surface area contributed by atoms with Crippen molar-refractivity contribution in [3.05, 3.63) is 59.0 Å². The number of carbonyl (C=O) groups is 3. The van der Waals surface area contributed by atoms with Crippen LogP contribution in [0.1, 0.15) is 11.5 Å². The number of fused-ring (bicyclic) bond motifs is 1. The van der Waals surface area contributed by atoms with Gasteiger partial charge in [0.25, 0.3) is 11.8 Å². The first kappa shape index (κ1) is 26.6. The molecule has 0 saturated carbocycles. The molecule has 5 heterocycles. The number of β-lactam (4-membered cyclic amide) rings is 1. The summed E-state index contributed by atoms with van der Waals surface area (Å²) in [7, 11) is 1.91. The molecule has 5 rings (SSSR count). The summed E-state index contributed by atoms with van der Waals surface area (Å²) in [5.41, 5.74) is 6.31. The Hall–Kier alpha value is -3.96. The number of carbonyl (C=O) groups excluding carboxylic acids is 2. The predicted octanol–water partition coefficient (Wildman–Crippen LogP) is 0.120. The van der Waals surface area contributed by atoms with Crippen molar-refractivity contribution in [3.63, 3.8) is 0 Å². The highest BCUT2D eigenvalue weighted by Crippen LogP contribution is 2.41. The van der Waals surface area contributed by atoms with Crippen molar-refractivity contribution in [2.75, 3.05) is 17.2 Å². The van der Waals surface area contributed by atoms with Gasteiger partial charge in [-0.2, -0.15) is 5.10 Å². The zero-order chi connectivity index (χ0) is 27.5. The summed E-state index contributed by atoms with van der Waals surface area (Å²) >= 11 is 4.00. The van der Waals surface area contributed by atoms with Crippen LogP contribution >= 0.6 is 34.9 Å². The number of aliphatic carboxylic acids is 1. The van der Waals surface area contributed by atoms with Gasteiger partial charge < -0.3 is 21.0 Å². The van der Waals surface area contributed by atoms with Gasteiger partial charge in [-0.1, -0.05) is 5.16 Å². The maximum Gasteiger partial charge on any atom is 0.352 e. The molecule has 0 spiro atoms. The molecule has 0 aromatic carbocycles. The first-order valence-electron chi connectivity index (χ1n) is 11.4. The number of thioether (sulfide) groups is 2. The van der Waals surface area contributed by atoms with Gasteiger partial charge in [-0.15, -0.1) is 34.9 Å². The molecule has 17 heteroatoms. The highest BCUT2D eigenvalue weighted by Gasteiger charge is 2.54. The van der Waals surface area contributed by atoms with Crippen molar-refractivity contribution < 1.29 is 28.9 Å². The minimum Gasteiger partial charge on any atom is -0.477 e. The Morgan fingerprint density at radius 2 is 2.21 bits per heavy atom. The Labute approximate surface area is 233 Å². The van der Waals surface area contributed by atoms with Crippen molar-refractivity contribution in [2.24, 2.45) is 12.2 Å². The van der Waals surface area contributed by atoms with E-state index in [0.29, 0.717) is 22.9 Å². The van der Waals surface area contributed by atoms with Crippen LogP contribution in [0, 0.1) is 0 Å². The van der Waals surface area contributed by atoms with Gasteiger partial charge in [-0.3, -0.25) is 19.6 Å². The molecule has 14 nitrogen and oxygen atoms in total. The van der Waals surface area contributed by atoms with E-state index < -0.39 is 29.2 Å². The lowest BCUT2D eigenvalue weighted by atomic mass is 10.0. The van der Waals surface area contributed by atoms with E-state index >= 15 is 0 Å². The molecule has 3 aromatic rings. The van der Waals surface area contributed by atoms with E-state index in [-0.39, 0.29) is 28.8 Å². The number of carboxylic acid groups (broad SMARTS) is 1. The van der Waals surface area contributed by atoms with Gasteiger partial charge in [0.1, 0.15) is 36.2 Å². The Morgan fingerprint density at radius 3 is 2.87 bits per heavy atom. The van der Waals surface area contributed by atoms with Crippen LogP contribution in [0.15, 0.2) is 57.6 Å². The van der Waals surface area contributed by atoms with Gasteiger partial charge in [0.15, 0.2) is 35.7 Å². The van der Waals surface area contributed by atoms with Crippen LogP contribution in [0.2, 0.25) is 0 Å². The highest BCUT2D eigenvalue weighted by molar-refractivity contribution is 8.01. The van der Waals surface area contributed by atoms with E-state index in [1.165, 1.54) is 40.1 Å². The number of carboxylic acids is 1. The standard InChI is InChI=1S/C22H21N9O5S3/c1-30-4-2-12(3-5-30)37-7-11-8-38-20-16(19(33)31(20)17(11)21(34)35)27-18(32)15(13-9-39-22(23)26-13)29-36-6-14-24-10-25-28-14/h2-5,9-10,16,20H,6-8H2,1H3,(H4-,23,24,25,26,27,28,32,34,35)/p+1/t16-,20-/m1/s1. The average Bonchev–Trinajstić information content (AvgIpc) is 3.60. The molecule has 0 unspecified atom stereocenters. The molecule has 1 saturated heterocycles. The van der Waals surface area contributed by atoms with Crippen LogP contribution in [0.5, 0.6) is 0 Å². The van der Waals surface area contributed by atoms with Crippen LogP contribution in [0.4, 0.5) is 5.13 Å². The summed E-state index contributed by atoms with van der Waals surface area (Å²) in [6, 6.07) is 2.93. The van der Waals surface area contributed by atoms with Gasteiger partial charge >= 0.3 is 5.97 Å². The molecule has 39 heavy (non-hydrogen) atoms. The summed E-state index contributed by atoms with van der Waals surface area (Å²) in [6.45, 7) is -0.0833. The number of hydrogen-bond acceptors (Lipinski definition) is 12. The van der Waals surface area contributed by atoms with Gasteiger partial charge in [0, 0.05) is 33.9 Å². The van der Waals surface area contributed by atoms with Crippen molar-refractivity contribution in [3.8, 4) is 0 Å². The molecule has 0 bridgehead atoms. The molecule has 0 aliphatic carbocycles. The monoisotopic (exact) mass is 588 g/mol. The number of nitrogens with one attached hydrogen (secondary N) is 2. The van der Waals surface area contributed by atoms with Crippen molar-refractivity contribution >= 4 is 63.5 Å². The number of nitrogens with two attached hydrogens (primary N) is 1. The molecular weight excluding hydrogens is 567 g/mol. The molecule has 2 amide bonds. The van der Waals surface area contributed by atoms with E-state index in [0.717, 1.165) is 16.2 Å². The Balaban J connectivity index is 1.29. The van der Waals surface area contributed by atoms with Gasteiger partial charge in [-0.25, -0.2) is 19.3 Å². The molecular formula is C22H22N9O5S3+. The van der Waals surface area contributed by atoms with Gasteiger partial charge in [-0.05, 0) is 5.57 Å². The minimum atomic E-state index is -1.19. The zero-order valence-electron chi connectivity index (χ0n) is 20.3. The largest absolute Gasteiger partial charge is 0.477 e. The first-order chi connectivity index (χ1) is 18.8. The number of pyridine rings is 1. The number of aryl methyl sites for hydroxylation is 1. The topological polar surface area (TPSA) is 193 Å². The molecule has 2 aliphatic rings. The number of rotatable bonds is 10. The molecule has 2 aliphatic heterocycles. The first-order valence-corrected chi connectivity index (χ1v) is 14.3. The SMILES string of the molecule is C[n+]1ccc(SCC2=C(C(=O)O)N3C(=O)[C@@H](NC(=O)C(=NOCc4ncn[nH]4)c4csc(N)n4)[C@H]3SC2)cc1. The van der Waals surface area contributed by atoms with Crippen LogP contribution < -0.4 is 15.6 Å². The Bertz CT molecular complexity index is 1460. The third-order valence-electron chi connectivity index (χ3n) is 5.70. The van der Waals surface area contributed by atoms with E-state index in [2.05, 4.69) is 30.6 Å². The Morgan fingerprint density at radius 1 is 1.41 bits per heavy atom. The third-order valence-corrected chi connectivity index (χ3v) is 8.81. The normalized spacial score (nSPS) is 18.9. The maximum atomic E-state index is 13.2. The lowest BCUT2D eigenvalue weighted by Gasteiger charge is -2.49. The number of anilines is 1. The number of thiazole rings is 1. The highest BCUT2D eigenvalue weighted by atomic mass is 32.2. The molecule has 3 aromatic heterocycles. The predicted molar refractivity (Wildman–Crippen MR) is 142 cm³/mol. The lowest BCUT2D eigenvalue weighted by Crippen LogP contribution is -2.71. The number of H-pyrrole nitrogens is 1. The molecule has 5 N–H and O–H groups in total. The number of aromatic amines is 1. The van der Waals surface area contributed by atoms with E-state index in [1.54, 1.807) is 0 Å². The molecule has 2 atom stereocenters. The molecule has 202 valence electrons. The quantitative estimate of drug-likeness (QED) is 0.0826. The van der Waals surface area contributed by atoms with E-state index in [9.17, 15) is 19.5 Å². The van der Waals surface area contributed by atoms with Crippen LogP contribution in [0.3, 0.4) is 0 Å². The third kappa shape index (κ3) is 5.74. The Kier molecular flexibility index (Phi) is 7.80. The summed E-state index contributed by atoms with van der Waals surface area (Å²) in [4.78, 5) is 53.9. The van der Waals surface area contributed by atoms with Crippen molar-refractivity contribution in [1.82, 2.24) is 30.4 Å². The number of aromatic nitrogens is 5. The smallest absolute Gasteiger partial charge is 0.352 e. The van der Waals surface area contributed by atoms with Crippen LogP contribution in [0.25, 0.3) is 0 Å². The number of oxime groups is 1. The van der Waals surface area contributed by atoms with Gasteiger partial charge in [0.05, 0.1) is 0 Å². The summed E-state index contributed by atoms with van der Waals surface area (Å²) < 4.78 is 1.91. The molecule has 0 radical (unpaired) electrons. The number of hydrogen-bond donors (Lipinski definition) is 4. The van der Waals surface area contributed by atoms with Crippen molar-refractivity contribution in [1.29, 1.82) is 0 Å². The lowest BCUT2D eigenvalue weighted by molar-refractivity contribution is -0.671. The fourth-order valence-corrected chi connectivity index (χ4v) is 6.73. The minimum absolute atomic E-state index is 0.0419. The second kappa shape index (κ2) is 11.4. The second-order valence-electron chi connectivity index (χ2n) is 8.32. The van der Waals surface area contributed by atoms with Crippen LogP contribution in [-0.4, -0.2) is 76.6 Å². The van der Waals surface area contributed by atoms with E-state index in [1.807, 2.05) is 36.1 Å². The van der Waals surface area contributed by atoms with Crippen LogP contribution in [-0.2, 0) is 32.9 Å². The second-order valence-corrected chi connectivity index (χ2v) is 11.4. The average molecular weight is 589 g/mol. The number of nitrogen functional groups attached to an aromatic ring is 1. The number of nitrogens with zero attached hydrogens (tertiary/aromatic N) is 6. The summed E-state index contributed by atoms with van der Waals surface area (Å²) in [5, 5.41) is 24.0. The number of amides is 2.